The van der Waals surface area contributed by atoms with E-state index in [0.717, 1.165) is 21.5 Å². The van der Waals surface area contributed by atoms with Crippen molar-refractivity contribution in [2.24, 2.45) is 0 Å². The first-order valence-corrected chi connectivity index (χ1v) is 19.1. The fourth-order valence-electron chi connectivity index (χ4n) is 8.67. The van der Waals surface area contributed by atoms with E-state index in [4.69, 9.17) is 0 Å². The van der Waals surface area contributed by atoms with Crippen molar-refractivity contribution < 1.29 is 8.78 Å². The highest BCUT2D eigenvalue weighted by molar-refractivity contribution is 6.29. The molecule has 0 atom stereocenters. The van der Waals surface area contributed by atoms with Crippen molar-refractivity contribution in [3.8, 4) is 0 Å². The van der Waals surface area contributed by atoms with Crippen LogP contribution in [0.25, 0.3) is 76.5 Å². The highest BCUT2D eigenvalue weighted by Gasteiger charge is 2.28. The summed E-state index contributed by atoms with van der Waals surface area (Å²) < 4.78 is 34.3. The average Bonchev–Trinajstić information content (AvgIpc) is 3.30. The molecule has 8 aromatic heterocycles. The molecule has 0 unspecified atom stereocenters. The van der Waals surface area contributed by atoms with Crippen molar-refractivity contribution in [2.45, 2.75) is 0 Å². The molecule has 60 heavy (non-hydrogen) atoms. The molecule has 12 aromatic rings. The SMILES string of the molecule is Fc1cc(N(c2ccnc3ncccc23)c2ccnc3ncccc23)c2ccc3c(F)cc(N(c4ccnc5ncccc45)c4ccnc5ncccc45)c4ccc1c2c34. The maximum absolute atomic E-state index is 17.1. The number of pyridine rings is 8. The summed E-state index contributed by atoms with van der Waals surface area (Å²) in [6.07, 6.45) is 13.5. The predicted molar refractivity (Wildman–Crippen MR) is 232 cm³/mol. The monoisotopic (exact) mass is 780 g/mol. The zero-order chi connectivity index (χ0) is 39.9. The maximum Gasteiger partial charge on any atom is 0.161 e. The lowest BCUT2D eigenvalue weighted by Crippen LogP contribution is -2.14. The molecule has 0 aliphatic heterocycles. The van der Waals surface area contributed by atoms with Gasteiger partial charge in [-0.2, -0.15) is 0 Å². The summed E-state index contributed by atoms with van der Waals surface area (Å²) >= 11 is 0. The van der Waals surface area contributed by atoms with E-state index >= 15 is 8.78 Å². The number of anilines is 6. The zero-order valence-corrected chi connectivity index (χ0v) is 31.2. The number of rotatable bonds is 6. The van der Waals surface area contributed by atoms with Crippen LogP contribution in [0.1, 0.15) is 0 Å². The molecule has 12 rings (SSSR count). The molecule has 0 saturated heterocycles. The van der Waals surface area contributed by atoms with E-state index in [1.54, 1.807) is 73.8 Å². The van der Waals surface area contributed by atoms with E-state index in [1.165, 1.54) is 0 Å². The minimum absolute atomic E-state index is 0.356. The highest BCUT2D eigenvalue weighted by atomic mass is 19.1. The number of aromatic nitrogens is 8. The van der Waals surface area contributed by atoms with Crippen LogP contribution in [0.5, 0.6) is 0 Å². The third-order valence-corrected chi connectivity index (χ3v) is 11.2. The Kier molecular flexibility index (Phi) is 7.35. The Morgan fingerprint density at radius 2 is 0.567 bits per heavy atom. The van der Waals surface area contributed by atoms with Gasteiger partial charge < -0.3 is 9.80 Å². The standard InChI is InChI=1S/C48H26F2N10/c49-35-25-41(59(37-13-21-55-45-31(37)5-1-17-51-45)38-14-22-56-46-32(38)6-2-18-52-46)29-11-9-28-36(50)26-42(30-12-10-27(35)43(29)44(28)30)60(39-15-23-57-47-33(39)7-3-19-53-47)40-16-24-58-48-34(40)8-4-20-54-48/h1-26H. The number of halogens is 2. The topological polar surface area (TPSA) is 110 Å². The lowest BCUT2D eigenvalue weighted by atomic mass is 9.91. The number of fused-ring (bicyclic) bond motifs is 4. The molecule has 0 radical (unpaired) electrons. The Morgan fingerprint density at radius 1 is 0.283 bits per heavy atom. The largest absolute Gasteiger partial charge is 0.308 e. The van der Waals surface area contributed by atoms with Gasteiger partial charge in [0, 0.05) is 103 Å². The molecule has 0 spiro atoms. The second-order valence-electron chi connectivity index (χ2n) is 14.3. The van der Waals surface area contributed by atoms with Crippen LogP contribution in [0, 0.1) is 11.6 Å². The van der Waals surface area contributed by atoms with Crippen LogP contribution in [-0.4, -0.2) is 39.9 Å². The third kappa shape index (κ3) is 4.97. The average molecular weight is 781 g/mol. The van der Waals surface area contributed by atoms with Gasteiger partial charge in [0.05, 0.1) is 34.1 Å². The number of benzene rings is 4. The van der Waals surface area contributed by atoms with E-state index in [1.807, 2.05) is 94.7 Å². The minimum Gasteiger partial charge on any atom is -0.308 e. The van der Waals surface area contributed by atoms with E-state index in [-0.39, 0.29) is 0 Å². The summed E-state index contributed by atoms with van der Waals surface area (Å²) in [4.78, 5) is 40.4. The Bertz CT molecular complexity index is 3270. The van der Waals surface area contributed by atoms with Crippen LogP contribution < -0.4 is 9.80 Å². The van der Waals surface area contributed by atoms with Crippen LogP contribution in [0.3, 0.4) is 0 Å². The van der Waals surface area contributed by atoms with Gasteiger partial charge in [0.1, 0.15) is 11.6 Å². The van der Waals surface area contributed by atoms with Crippen molar-refractivity contribution in [1.82, 2.24) is 39.9 Å². The van der Waals surface area contributed by atoms with Gasteiger partial charge in [0.25, 0.3) is 0 Å². The second kappa shape index (κ2) is 13.1. The summed E-state index contributed by atoms with van der Waals surface area (Å²) in [5, 5.41) is 6.26. The molecular weight excluding hydrogens is 755 g/mol. The molecule has 4 aromatic carbocycles. The fourth-order valence-corrected chi connectivity index (χ4v) is 8.67. The van der Waals surface area contributed by atoms with Crippen molar-refractivity contribution in [2.75, 3.05) is 9.80 Å². The van der Waals surface area contributed by atoms with Crippen molar-refractivity contribution in [3.63, 3.8) is 0 Å². The van der Waals surface area contributed by atoms with E-state index in [2.05, 4.69) is 39.9 Å². The van der Waals surface area contributed by atoms with Crippen molar-refractivity contribution >= 4 is 111 Å². The summed E-state index contributed by atoms with van der Waals surface area (Å²) in [7, 11) is 0. The first kappa shape index (κ1) is 33.7. The van der Waals surface area contributed by atoms with Crippen LogP contribution in [0.4, 0.5) is 42.9 Å². The normalized spacial score (nSPS) is 11.8. The Balaban J connectivity index is 1.20. The molecule has 0 amide bonds. The van der Waals surface area contributed by atoms with Gasteiger partial charge in [0.2, 0.25) is 0 Å². The van der Waals surface area contributed by atoms with Crippen molar-refractivity contribution in [1.29, 1.82) is 0 Å². The number of hydrogen-bond acceptors (Lipinski definition) is 10. The molecule has 8 heterocycles. The van der Waals surface area contributed by atoms with E-state index in [9.17, 15) is 0 Å². The molecule has 0 aliphatic carbocycles. The van der Waals surface area contributed by atoms with Gasteiger partial charge in [-0.3, -0.25) is 0 Å². The minimum atomic E-state index is -0.468. The smallest absolute Gasteiger partial charge is 0.161 e. The quantitative estimate of drug-likeness (QED) is 0.151. The highest BCUT2D eigenvalue weighted by Crippen LogP contribution is 2.51. The van der Waals surface area contributed by atoms with Gasteiger partial charge in [-0.05, 0) is 84.9 Å². The molecule has 0 saturated carbocycles. The number of hydrogen-bond donors (Lipinski definition) is 0. The van der Waals surface area contributed by atoms with Gasteiger partial charge in [-0.25, -0.2) is 48.7 Å². The van der Waals surface area contributed by atoms with E-state index < -0.39 is 11.6 Å². The van der Waals surface area contributed by atoms with Gasteiger partial charge in [0.15, 0.2) is 22.6 Å². The fraction of sp³-hybridized carbons (Fsp3) is 0. The van der Waals surface area contributed by atoms with Gasteiger partial charge in [-0.15, -0.1) is 0 Å². The Hall–Kier alpha value is -8.38. The summed E-state index contributed by atoms with van der Waals surface area (Å²) in [5.41, 5.74) is 6.03. The summed E-state index contributed by atoms with van der Waals surface area (Å²) in [6, 6.07) is 33.1. The first-order valence-electron chi connectivity index (χ1n) is 19.1. The molecule has 0 N–H and O–H groups in total. The van der Waals surface area contributed by atoms with Crippen LogP contribution in [-0.2, 0) is 0 Å². The third-order valence-electron chi connectivity index (χ3n) is 11.2. The lowest BCUT2D eigenvalue weighted by molar-refractivity contribution is 0.639. The van der Waals surface area contributed by atoms with Gasteiger partial charge in [-0.1, -0.05) is 24.3 Å². The molecule has 0 bridgehead atoms. The molecule has 282 valence electrons. The van der Waals surface area contributed by atoms with Gasteiger partial charge >= 0.3 is 0 Å². The first-order chi connectivity index (χ1) is 29.6. The van der Waals surface area contributed by atoms with Crippen LogP contribution in [0.15, 0.2) is 159 Å². The Labute approximate surface area is 338 Å². The maximum atomic E-state index is 17.1. The zero-order valence-electron chi connectivity index (χ0n) is 31.2. The molecule has 12 heteroatoms. The van der Waals surface area contributed by atoms with E-state index in [0.29, 0.717) is 89.0 Å². The molecule has 10 nitrogen and oxygen atoms in total. The second-order valence-corrected chi connectivity index (χ2v) is 14.3. The molecular formula is C48H26F2N10. The summed E-state index contributed by atoms with van der Waals surface area (Å²) in [6.45, 7) is 0. The number of nitrogens with zero attached hydrogens (tertiary/aromatic N) is 10. The van der Waals surface area contributed by atoms with Crippen molar-refractivity contribution in [3.05, 3.63) is 170 Å². The Morgan fingerprint density at radius 3 is 0.883 bits per heavy atom. The lowest BCUT2D eigenvalue weighted by Gasteiger charge is -2.30. The molecule has 0 aliphatic rings. The van der Waals surface area contributed by atoms with Crippen LogP contribution in [0.2, 0.25) is 0 Å². The van der Waals surface area contributed by atoms with Crippen LogP contribution >= 0.6 is 0 Å². The molecule has 0 fully saturated rings. The predicted octanol–water partition coefficient (Wildman–Crippen LogP) is 11.6. The summed E-state index contributed by atoms with van der Waals surface area (Å²) in [5.74, 6) is -0.935.